The second-order valence-corrected chi connectivity index (χ2v) is 6.60. The van der Waals surface area contributed by atoms with Crippen molar-refractivity contribution in [3.8, 4) is 5.75 Å². The fourth-order valence-corrected chi connectivity index (χ4v) is 3.14. The van der Waals surface area contributed by atoms with E-state index in [1.54, 1.807) is 11.2 Å². The minimum Gasteiger partial charge on any atom is -0.493 e. The summed E-state index contributed by atoms with van der Waals surface area (Å²) in [5.41, 5.74) is 3.11. The molecule has 24 heavy (non-hydrogen) atoms. The first-order valence-corrected chi connectivity index (χ1v) is 8.49. The molecule has 1 aromatic heterocycles. The molecule has 1 fully saturated rings. The van der Waals surface area contributed by atoms with E-state index in [1.807, 2.05) is 25.4 Å². The number of rotatable bonds is 4. The van der Waals surface area contributed by atoms with E-state index in [-0.39, 0.29) is 6.03 Å². The van der Waals surface area contributed by atoms with Crippen molar-refractivity contribution < 1.29 is 9.53 Å². The molecule has 0 saturated heterocycles. The smallest absolute Gasteiger partial charge is 0.321 e. The van der Waals surface area contributed by atoms with E-state index in [0.717, 1.165) is 55.0 Å². The van der Waals surface area contributed by atoms with Crippen LogP contribution in [0.5, 0.6) is 5.75 Å². The summed E-state index contributed by atoms with van der Waals surface area (Å²) in [6.07, 6.45) is 7.66. The standard InChI is InChI=1S/C18H22N4O2/c1-22(18(23)21-13-2-3-13)15-4-5-17-16(9-15)12(6-7-24-17)8-14-10-19-11-20-14/h4-5,9-13H,2-3,6-8H2,1H3,(H,19,20)(H,21,23). The Balaban J connectivity index is 1.56. The van der Waals surface area contributed by atoms with E-state index in [4.69, 9.17) is 4.74 Å². The fraction of sp³-hybridized carbons (Fsp3) is 0.444. The number of ether oxygens (including phenoxy) is 1. The number of aromatic amines is 1. The molecule has 2 heterocycles. The molecule has 0 spiro atoms. The number of aromatic nitrogens is 2. The number of anilines is 1. The van der Waals surface area contributed by atoms with Crippen LogP contribution < -0.4 is 15.0 Å². The van der Waals surface area contributed by atoms with Gasteiger partial charge < -0.3 is 15.0 Å². The summed E-state index contributed by atoms with van der Waals surface area (Å²) < 4.78 is 5.80. The van der Waals surface area contributed by atoms with Crippen molar-refractivity contribution in [2.24, 2.45) is 0 Å². The zero-order valence-corrected chi connectivity index (χ0v) is 13.8. The third-order valence-electron chi connectivity index (χ3n) is 4.76. The van der Waals surface area contributed by atoms with Gasteiger partial charge in [-0.05, 0) is 55.4 Å². The van der Waals surface area contributed by atoms with Crippen LogP contribution in [0, 0.1) is 0 Å². The highest BCUT2D eigenvalue weighted by Gasteiger charge is 2.27. The Morgan fingerprint density at radius 3 is 3.04 bits per heavy atom. The number of fused-ring (bicyclic) bond motifs is 1. The van der Waals surface area contributed by atoms with Crippen LogP contribution in [0.3, 0.4) is 0 Å². The van der Waals surface area contributed by atoms with Crippen molar-refractivity contribution in [2.45, 2.75) is 37.6 Å². The van der Waals surface area contributed by atoms with Crippen molar-refractivity contribution in [2.75, 3.05) is 18.6 Å². The first-order chi connectivity index (χ1) is 11.7. The molecule has 4 rings (SSSR count). The molecule has 0 bridgehead atoms. The van der Waals surface area contributed by atoms with E-state index < -0.39 is 0 Å². The average Bonchev–Trinajstić information content (AvgIpc) is 3.26. The molecular formula is C18H22N4O2. The Hall–Kier alpha value is -2.50. The van der Waals surface area contributed by atoms with E-state index in [1.165, 1.54) is 0 Å². The molecule has 2 N–H and O–H groups in total. The first-order valence-electron chi connectivity index (χ1n) is 8.49. The van der Waals surface area contributed by atoms with Crippen molar-refractivity contribution >= 4 is 11.7 Å². The molecule has 2 aromatic rings. The van der Waals surface area contributed by atoms with Gasteiger partial charge in [-0.2, -0.15) is 0 Å². The van der Waals surface area contributed by atoms with Crippen LogP contribution in [0.1, 0.15) is 36.4 Å². The zero-order valence-electron chi connectivity index (χ0n) is 13.8. The van der Waals surface area contributed by atoms with E-state index in [9.17, 15) is 4.79 Å². The molecular weight excluding hydrogens is 304 g/mol. The minimum atomic E-state index is -0.0435. The van der Waals surface area contributed by atoms with Crippen molar-refractivity contribution in [1.29, 1.82) is 0 Å². The Morgan fingerprint density at radius 2 is 2.29 bits per heavy atom. The lowest BCUT2D eigenvalue weighted by Crippen LogP contribution is -2.38. The maximum Gasteiger partial charge on any atom is 0.321 e. The fourth-order valence-electron chi connectivity index (χ4n) is 3.14. The third kappa shape index (κ3) is 3.09. The summed E-state index contributed by atoms with van der Waals surface area (Å²) in [7, 11) is 1.81. The maximum absolute atomic E-state index is 12.3. The van der Waals surface area contributed by atoms with Gasteiger partial charge in [0, 0.05) is 25.0 Å². The number of carbonyl (C=O) groups excluding carboxylic acids is 1. The predicted octanol–water partition coefficient (Wildman–Crippen LogP) is 2.83. The molecule has 6 heteroatoms. The highest BCUT2D eigenvalue weighted by Crippen LogP contribution is 2.38. The van der Waals surface area contributed by atoms with Gasteiger partial charge in [0.15, 0.2) is 0 Å². The van der Waals surface area contributed by atoms with E-state index >= 15 is 0 Å². The minimum absolute atomic E-state index is 0.0435. The number of hydrogen-bond acceptors (Lipinski definition) is 3. The highest BCUT2D eigenvalue weighted by molar-refractivity contribution is 5.92. The number of nitrogens with zero attached hydrogens (tertiary/aromatic N) is 2. The number of amides is 2. The molecule has 1 unspecified atom stereocenters. The first kappa shape index (κ1) is 15.1. The Bertz CT molecular complexity index is 725. The topological polar surface area (TPSA) is 70.2 Å². The van der Waals surface area contributed by atoms with Crippen LogP contribution in [-0.2, 0) is 6.42 Å². The number of carbonyl (C=O) groups is 1. The Labute approximate surface area is 141 Å². The highest BCUT2D eigenvalue weighted by atomic mass is 16.5. The van der Waals surface area contributed by atoms with Crippen LogP contribution in [0.15, 0.2) is 30.7 Å². The summed E-state index contributed by atoms with van der Waals surface area (Å²) in [5.74, 6) is 1.28. The van der Waals surface area contributed by atoms with Gasteiger partial charge >= 0.3 is 6.03 Å². The van der Waals surface area contributed by atoms with Crippen LogP contribution in [-0.4, -0.2) is 35.7 Å². The van der Waals surface area contributed by atoms with E-state index in [2.05, 4.69) is 21.4 Å². The second-order valence-electron chi connectivity index (χ2n) is 6.60. The van der Waals surface area contributed by atoms with E-state index in [0.29, 0.717) is 12.0 Å². The van der Waals surface area contributed by atoms with Gasteiger partial charge in [-0.25, -0.2) is 9.78 Å². The summed E-state index contributed by atoms with van der Waals surface area (Å²) in [6.45, 7) is 0.722. The second kappa shape index (κ2) is 6.19. The van der Waals surface area contributed by atoms with Crippen LogP contribution in [0.25, 0.3) is 0 Å². The van der Waals surface area contributed by atoms with Gasteiger partial charge in [0.25, 0.3) is 0 Å². The lowest BCUT2D eigenvalue weighted by molar-refractivity contribution is 0.247. The normalized spacial score (nSPS) is 19.3. The number of H-pyrrole nitrogens is 1. The average molecular weight is 326 g/mol. The number of urea groups is 1. The van der Waals surface area contributed by atoms with Gasteiger partial charge in [0.1, 0.15) is 5.75 Å². The molecule has 1 atom stereocenters. The van der Waals surface area contributed by atoms with Crippen LogP contribution in [0.4, 0.5) is 10.5 Å². The number of hydrogen-bond donors (Lipinski definition) is 2. The molecule has 2 amide bonds. The van der Waals surface area contributed by atoms with Gasteiger partial charge in [-0.3, -0.25) is 4.90 Å². The van der Waals surface area contributed by atoms with Gasteiger partial charge in [0.2, 0.25) is 0 Å². The molecule has 0 radical (unpaired) electrons. The molecule has 1 aliphatic carbocycles. The van der Waals surface area contributed by atoms with Gasteiger partial charge in [-0.15, -0.1) is 0 Å². The maximum atomic E-state index is 12.3. The van der Waals surface area contributed by atoms with Crippen LogP contribution >= 0.6 is 0 Å². The summed E-state index contributed by atoms with van der Waals surface area (Å²) in [4.78, 5) is 21.3. The van der Waals surface area contributed by atoms with Crippen LogP contribution in [0.2, 0.25) is 0 Å². The largest absolute Gasteiger partial charge is 0.493 e. The molecule has 1 saturated carbocycles. The van der Waals surface area contributed by atoms with Crippen molar-refractivity contribution in [3.63, 3.8) is 0 Å². The number of nitrogens with one attached hydrogen (secondary N) is 2. The van der Waals surface area contributed by atoms with Crippen molar-refractivity contribution in [1.82, 2.24) is 15.3 Å². The Morgan fingerprint density at radius 1 is 1.42 bits per heavy atom. The predicted molar refractivity (Wildman–Crippen MR) is 91.5 cm³/mol. The molecule has 1 aliphatic heterocycles. The summed E-state index contributed by atoms with van der Waals surface area (Å²) in [5, 5.41) is 3.02. The lowest BCUT2D eigenvalue weighted by Gasteiger charge is -2.27. The third-order valence-corrected chi connectivity index (χ3v) is 4.76. The van der Waals surface area contributed by atoms with Crippen molar-refractivity contribution in [3.05, 3.63) is 42.0 Å². The molecule has 126 valence electrons. The monoisotopic (exact) mass is 326 g/mol. The lowest BCUT2D eigenvalue weighted by atomic mass is 9.89. The number of benzene rings is 1. The van der Waals surface area contributed by atoms with Gasteiger partial charge in [-0.1, -0.05) is 0 Å². The quantitative estimate of drug-likeness (QED) is 0.907. The molecule has 6 nitrogen and oxygen atoms in total. The zero-order chi connectivity index (χ0) is 16.5. The van der Waals surface area contributed by atoms with Gasteiger partial charge in [0.05, 0.1) is 18.6 Å². The summed E-state index contributed by atoms with van der Waals surface area (Å²) >= 11 is 0. The number of imidazole rings is 1. The SMILES string of the molecule is CN(C(=O)NC1CC1)c1ccc2c(c1)C(Cc1c[nH]cn1)CCO2. The molecule has 1 aromatic carbocycles. The Kier molecular flexibility index (Phi) is 3.88. The molecule has 2 aliphatic rings. The summed E-state index contributed by atoms with van der Waals surface area (Å²) in [6, 6.07) is 6.31.